The SMILES string of the molecule is CNC1CCN(C(=O)CC(C)(C)C)c2ccccc21. The van der Waals surface area contributed by atoms with Crippen molar-refractivity contribution in [3.8, 4) is 0 Å². The van der Waals surface area contributed by atoms with Gasteiger partial charge in [-0.1, -0.05) is 39.0 Å². The molecule has 19 heavy (non-hydrogen) atoms. The fourth-order valence-electron chi connectivity index (χ4n) is 2.67. The minimum Gasteiger partial charge on any atom is -0.313 e. The van der Waals surface area contributed by atoms with Gasteiger partial charge in [0.05, 0.1) is 0 Å². The van der Waals surface area contributed by atoms with Gasteiger partial charge < -0.3 is 10.2 Å². The quantitative estimate of drug-likeness (QED) is 0.886. The molecule has 0 bridgehead atoms. The number of anilines is 1. The van der Waals surface area contributed by atoms with E-state index in [0.29, 0.717) is 12.5 Å². The number of amides is 1. The molecule has 0 fully saturated rings. The Labute approximate surface area is 116 Å². The van der Waals surface area contributed by atoms with Crippen LogP contribution in [0.1, 0.15) is 45.2 Å². The summed E-state index contributed by atoms with van der Waals surface area (Å²) in [5, 5.41) is 3.33. The van der Waals surface area contributed by atoms with Gasteiger partial charge in [-0.25, -0.2) is 0 Å². The topological polar surface area (TPSA) is 32.3 Å². The Morgan fingerprint density at radius 1 is 1.37 bits per heavy atom. The lowest BCUT2D eigenvalue weighted by atomic mass is 9.90. The second kappa shape index (κ2) is 5.33. The maximum atomic E-state index is 12.5. The fraction of sp³-hybridized carbons (Fsp3) is 0.562. The van der Waals surface area contributed by atoms with E-state index in [-0.39, 0.29) is 11.3 Å². The summed E-state index contributed by atoms with van der Waals surface area (Å²) in [6.45, 7) is 7.13. The summed E-state index contributed by atoms with van der Waals surface area (Å²) < 4.78 is 0. The first-order valence-electron chi connectivity index (χ1n) is 6.99. The second-order valence-electron chi connectivity index (χ2n) is 6.47. The highest BCUT2D eigenvalue weighted by molar-refractivity contribution is 5.95. The zero-order chi connectivity index (χ0) is 14.0. The van der Waals surface area contributed by atoms with Crippen LogP contribution in [0.5, 0.6) is 0 Å². The summed E-state index contributed by atoms with van der Waals surface area (Å²) in [7, 11) is 1.98. The molecular weight excluding hydrogens is 236 g/mol. The molecule has 3 nitrogen and oxygen atoms in total. The molecule has 1 N–H and O–H groups in total. The van der Waals surface area contributed by atoms with Crippen LogP contribution in [0.25, 0.3) is 0 Å². The van der Waals surface area contributed by atoms with Crippen molar-refractivity contribution >= 4 is 11.6 Å². The van der Waals surface area contributed by atoms with Crippen LogP contribution in [0.4, 0.5) is 5.69 Å². The molecule has 1 aromatic carbocycles. The lowest BCUT2D eigenvalue weighted by Gasteiger charge is -2.35. The number of hydrogen-bond donors (Lipinski definition) is 1. The van der Waals surface area contributed by atoms with E-state index >= 15 is 0 Å². The van der Waals surface area contributed by atoms with Gasteiger partial charge in [0.1, 0.15) is 0 Å². The first kappa shape index (κ1) is 14.1. The highest BCUT2D eigenvalue weighted by Gasteiger charge is 2.29. The monoisotopic (exact) mass is 260 g/mol. The Bertz CT molecular complexity index is 462. The first-order valence-corrected chi connectivity index (χ1v) is 6.99. The second-order valence-corrected chi connectivity index (χ2v) is 6.47. The zero-order valence-electron chi connectivity index (χ0n) is 12.4. The predicted molar refractivity (Wildman–Crippen MR) is 79.3 cm³/mol. The smallest absolute Gasteiger partial charge is 0.227 e. The van der Waals surface area contributed by atoms with Crippen molar-refractivity contribution < 1.29 is 4.79 Å². The van der Waals surface area contributed by atoms with Crippen molar-refractivity contribution in [3.05, 3.63) is 29.8 Å². The van der Waals surface area contributed by atoms with Crippen LogP contribution in [0, 0.1) is 5.41 Å². The molecule has 3 heteroatoms. The maximum absolute atomic E-state index is 12.5. The third-order valence-electron chi connectivity index (χ3n) is 3.58. The predicted octanol–water partition coefficient (Wildman–Crippen LogP) is 3.12. The van der Waals surface area contributed by atoms with Gasteiger partial charge in [0.2, 0.25) is 5.91 Å². The van der Waals surface area contributed by atoms with Gasteiger partial charge in [0.15, 0.2) is 0 Å². The summed E-state index contributed by atoms with van der Waals surface area (Å²) in [6.07, 6.45) is 1.56. The summed E-state index contributed by atoms with van der Waals surface area (Å²) in [5.41, 5.74) is 2.34. The van der Waals surface area contributed by atoms with E-state index in [4.69, 9.17) is 0 Å². The summed E-state index contributed by atoms with van der Waals surface area (Å²) >= 11 is 0. The minimum atomic E-state index is 0.0336. The molecule has 0 spiro atoms. The van der Waals surface area contributed by atoms with Gasteiger partial charge in [-0.05, 0) is 30.5 Å². The van der Waals surface area contributed by atoms with Crippen molar-refractivity contribution in [3.63, 3.8) is 0 Å². The van der Waals surface area contributed by atoms with Crippen LogP contribution < -0.4 is 10.2 Å². The molecule has 0 aromatic heterocycles. The van der Waals surface area contributed by atoms with Crippen LogP contribution in [0.15, 0.2) is 24.3 Å². The number of rotatable bonds is 2. The van der Waals surface area contributed by atoms with Crippen molar-refractivity contribution in [1.29, 1.82) is 0 Å². The maximum Gasteiger partial charge on any atom is 0.227 e. The normalized spacial score (nSPS) is 19.2. The summed E-state index contributed by atoms with van der Waals surface area (Å²) in [4.78, 5) is 14.4. The molecule has 2 rings (SSSR count). The van der Waals surface area contributed by atoms with E-state index in [0.717, 1.165) is 18.7 Å². The molecule has 1 atom stereocenters. The van der Waals surface area contributed by atoms with Gasteiger partial charge in [-0.2, -0.15) is 0 Å². The average molecular weight is 260 g/mol. The van der Waals surface area contributed by atoms with E-state index in [2.05, 4.69) is 38.2 Å². The van der Waals surface area contributed by atoms with E-state index in [1.165, 1.54) is 5.56 Å². The highest BCUT2D eigenvalue weighted by Crippen LogP contribution is 2.34. The number of hydrogen-bond acceptors (Lipinski definition) is 2. The van der Waals surface area contributed by atoms with E-state index in [9.17, 15) is 4.79 Å². The zero-order valence-corrected chi connectivity index (χ0v) is 12.4. The fourth-order valence-corrected chi connectivity index (χ4v) is 2.67. The van der Waals surface area contributed by atoms with Crippen LogP contribution in [-0.4, -0.2) is 19.5 Å². The number of fused-ring (bicyclic) bond motifs is 1. The summed E-state index contributed by atoms with van der Waals surface area (Å²) in [6, 6.07) is 8.58. The number of nitrogens with one attached hydrogen (secondary N) is 1. The largest absolute Gasteiger partial charge is 0.313 e. The Kier molecular flexibility index (Phi) is 3.95. The molecule has 0 aliphatic carbocycles. The van der Waals surface area contributed by atoms with Gasteiger partial charge in [-0.3, -0.25) is 4.79 Å². The van der Waals surface area contributed by atoms with Crippen LogP contribution in [-0.2, 0) is 4.79 Å². The van der Waals surface area contributed by atoms with E-state index < -0.39 is 0 Å². The summed E-state index contributed by atoms with van der Waals surface area (Å²) in [5.74, 6) is 0.231. The third kappa shape index (κ3) is 3.16. The number of carbonyl (C=O) groups excluding carboxylic acids is 1. The molecule has 1 aromatic rings. The van der Waals surface area contributed by atoms with Crippen molar-refractivity contribution in [1.82, 2.24) is 5.32 Å². The Balaban J connectivity index is 2.27. The number of benzene rings is 1. The molecule has 0 saturated heterocycles. The molecule has 104 valence electrons. The number of nitrogens with zero attached hydrogens (tertiary/aromatic N) is 1. The molecule has 1 heterocycles. The number of carbonyl (C=O) groups is 1. The molecule has 0 radical (unpaired) electrons. The van der Waals surface area contributed by atoms with Crippen molar-refractivity contribution in [2.75, 3.05) is 18.5 Å². The van der Waals surface area contributed by atoms with E-state index in [1.807, 2.05) is 24.1 Å². The lowest BCUT2D eigenvalue weighted by molar-refractivity contribution is -0.120. The molecule has 1 amide bonds. The number of para-hydroxylation sites is 1. The molecular formula is C16H24N2O. The van der Waals surface area contributed by atoms with Crippen molar-refractivity contribution in [2.45, 2.75) is 39.7 Å². The van der Waals surface area contributed by atoms with Gasteiger partial charge in [-0.15, -0.1) is 0 Å². The standard InChI is InChI=1S/C16H24N2O/c1-16(2,3)11-15(19)18-10-9-13(17-4)12-7-5-6-8-14(12)18/h5-8,13,17H,9-11H2,1-4H3. The van der Waals surface area contributed by atoms with Gasteiger partial charge in [0.25, 0.3) is 0 Å². The Morgan fingerprint density at radius 2 is 2.05 bits per heavy atom. The van der Waals surface area contributed by atoms with Gasteiger partial charge >= 0.3 is 0 Å². The van der Waals surface area contributed by atoms with Crippen LogP contribution in [0.2, 0.25) is 0 Å². The molecule has 1 aliphatic heterocycles. The lowest BCUT2D eigenvalue weighted by Crippen LogP contribution is -2.40. The molecule has 1 aliphatic rings. The minimum absolute atomic E-state index is 0.0336. The third-order valence-corrected chi connectivity index (χ3v) is 3.58. The molecule has 0 saturated carbocycles. The average Bonchev–Trinajstić information content (AvgIpc) is 2.35. The van der Waals surface area contributed by atoms with Crippen molar-refractivity contribution in [2.24, 2.45) is 5.41 Å². The van der Waals surface area contributed by atoms with Crippen LogP contribution >= 0.6 is 0 Å². The van der Waals surface area contributed by atoms with E-state index in [1.54, 1.807) is 0 Å². The highest BCUT2D eigenvalue weighted by atomic mass is 16.2. The van der Waals surface area contributed by atoms with Crippen LogP contribution in [0.3, 0.4) is 0 Å². The molecule has 1 unspecified atom stereocenters. The Hall–Kier alpha value is -1.35. The Morgan fingerprint density at radius 3 is 2.68 bits per heavy atom. The van der Waals surface area contributed by atoms with Gasteiger partial charge in [0, 0.05) is 24.7 Å². The first-order chi connectivity index (χ1) is 8.92.